The van der Waals surface area contributed by atoms with Crippen LogP contribution in [0.15, 0.2) is 53.6 Å². The van der Waals surface area contributed by atoms with E-state index < -0.39 is 11.5 Å². The number of hydrogen-bond acceptors (Lipinski definition) is 4. The van der Waals surface area contributed by atoms with Crippen molar-refractivity contribution in [1.29, 1.82) is 0 Å². The third-order valence-corrected chi connectivity index (χ3v) is 4.29. The molecule has 0 aliphatic carbocycles. The minimum absolute atomic E-state index is 0.213. The van der Waals surface area contributed by atoms with Crippen LogP contribution in [0.1, 0.15) is 11.1 Å². The fourth-order valence-electron chi connectivity index (χ4n) is 2.83. The number of amides is 1. The lowest BCUT2D eigenvalue weighted by Crippen LogP contribution is -2.32. The van der Waals surface area contributed by atoms with Gasteiger partial charge >= 0.3 is 5.69 Å². The maximum Gasteiger partial charge on any atom is 0.352 e. The fraction of sp³-hybridized carbons (Fsp3) is 0.158. The summed E-state index contributed by atoms with van der Waals surface area (Å²) in [5, 5.41) is 7.53. The Morgan fingerprint density at radius 3 is 2.74 bits per heavy atom. The smallest absolute Gasteiger partial charge is 0.350 e. The topological polar surface area (TPSA) is 81.3 Å². The summed E-state index contributed by atoms with van der Waals surface area (Å²) in [6, 6.07) is 11.9. The Labute approximate surface area is 153 Å². The quantitative estimate of drug-likeness (QED) is 0.598. The number of aromatic nitrogens is 4. The van der Waals surface area contributed by atoms with E-state index in [-0.39, 0.29) is 12.5 Å². The van der Waals surface area contributed by atoms with Crippen molar-refractivity contribution < 1.29 is 9.18 Å². The molecule has 136 valence electrons. The standard InChI is InChI=1S/C19H16FN5O2/c1-12-2-4-13(5-3-12)9-21-17(26)10-25-19(27)24-11-22-16-8-14(20)6-7-15(16)18(24)23-25/h2-8,11H,9-10H2,1H3,(H,21,26). The first-order valence-electron chi connectivity index (χ1n) is 8.37. The zero-order valence-electron chi connectivity index (χ0n) is 14.5. The van der Waals surface area contributed by atoms with Gasteiger partial charge in [-0.3, -0.25) is 4.79 Å². The van der Waals surface area contributed by atoms with E-state index >= 15 is 0 Å². The Bertz CT molecular complexity index is 1210. The number of halogens is 1. The van der Waals surface area contributed by atoms with Crippen molar-refractivity contribution in [2.24, 2.45) is 0 Å². The molecule has 1 amide bonds. The van der Waals surface area contributed by atoms with E-state index in [9.17, 15) is 14.0 Å². The molecule has 0 atom stereocenters. The first-order valence-corrected chi connectivity index (χ1v) is 8.37. The first-order chi connectivity index (χ1) is 13.0. The maximum atomic E-state index is 13.4. The zero-order chi connectivity index (χ0) is 19.0. The van der Waals surface area contributed by atoms with Gasteiger partial charge in [0.15, 0.2) is 5.65 Å². The van der Waals surface area contributed by atoms with Crippen molar-refractivity contribution in [2.75, 3.05) is 0 Å². The highest BCUT2D eigenvalue weighted by Crippen LogP contribution is 2.16. The molecule has 1 N–H and O–H groups in total. The number of carbonyl (C=O) groups is 1. The van der Waals surface area contributed by atoms with E-state index in [0.717, 1.165) is 15.8 Å². The van der Waals surface area contributed by atoms with E-state index in [1.54, 1.807) is 0 Å². The average molecular weight is 365 g/mol. The zero-order valence-corrected chi connectivity index (χ0v) is 14.5. The second-order valence-electron chi connectivity index (χ2n) is 6.30. The molecule has 0 unspecified atom stereocenters. The van der Waals surface area contributed by atoms with Gasteiger partial charge in [0.25, 0.3) is 0 Å². The lowest BCUT2D eigenvalue weighted by molar-refractivity contribution is -0.122. The van der Waals surface area contributed by atoms with Crippen LogP contribution < -0.4 is 11.0 Å². The first kappa shape index (κ1) is 16.9. The Morgan fingerprint density at radius 1 is 1.19 bits per heavy atom. The van der Waals surface area contributed by atoms with Crippen molar-refractivity contribution in [3.05, 3.63) is 76.2 Å². The summed E-state index contributed by atoms with van der Waals surface area (Å²) in [6.07, 6.45) is 1.28. The van der Waals surface area contributed by atoms with Crippen LogP contribution in [0.4, 0.5) is 4.39 Å². The van der Waals surface area contributed by atoms with Crippen molar-refractivity contribution in [1.82, 2.24) is 24.5 Å². The van der Waals surface area contributed by atoms with Gasteiger partial charge in [0, 0.05) is 18.0 Å². The Balaban J connectivity index is 1.57. The monoisotopic (exact) mass is 365 g/mol. The molecule has 4 aromatic rings. The van der Waals surface area contributed by atoms with Crippen LogP contribution in [0.25, 0.3) is 16.6 Å². The van der Waals surface area contributed by atoms with Crippen LogP contribution in [-0.2, 0) is 17.9 Å². The highest BCUT2D eigenvalue weighted by atomic mass is 19.1. The van der Waals surface area contributed by atoms with E-state index in [1.165, 1.54) is 28.9 Å². The molecule has 4 rings (SSSR count). The summed E-state index contributed by atoms with van der Waals surface area (Å²) in [5.41, 5.74) is 2.35. The minimum Gasteiger partial charge on any atom is -0.350 e. The molecule has 7 nitrogen and oxygen atoms in total. The third kappa shape index (κ3) is 3.29. The second-order valence-corrected chi connectivity index (χ2v) is 6.30. The van der Waals surface area contributed by atoms with Crippen LogP contribution in [0.3, 0.4) is 0 Å². The van der Waals surface area contributed by atoms with Gasteiger partial charge in [-0.05, 0) is 24.6 Å². The summed E-state index contributed by atoms with van der Waals surface area (Å²) in [4.78, 5) is 28.7. The predicted octanol–water partition coefficient (Wildman–Crippen LogP) is 1.81. The molecule has 0 radical (unpaired) electrons. The van der Waals surface area contributed by atoms with Gasteiger partial charge in [0.05, 0.1) is 5.52 Å². The number of rotatable bonds is 4. The highest BCUT2D eigenvalue weighted by molar-refractivity contribution is 5.90. The van der Waals surface area contributed by atoms with Gasteiger partial charge in [0.2, 0.25) is 5.91 Å². The largest absolute Gasteiger partial charge is 0.352 e. The molecular formula is C19H16FN5O2. The van der Waals surface area contributed by atoms with Crippen molar-refractivity contribution >= 4 is 22.5 Å². The molecule has 0 saturated heterocycles. The van der Waals surface area contributed by atoms with Gasteiger partial charge in [-0.15, -0.1) is 5.10 Å². The molecule has 0 saturated carbocycles. The minimum atomic E-state index is -0.478. The number of benzene rings is 2. The highest BCUT2D eigenvalue weighted by Gasteiger charge is 2.13. The van der Waals surface area contributed by atoms with Gasteiger partial charge in [-0.1, -0.05) is 29.8 Å². The predicted molar refractivity (Wildman–Crippen MR) is 97.7 cm³/mol. The number of aryl methyl sites for hydroxylation is 1. The Kier molecular flexibility index (Phi) is 4.15. The van der Waals surface area contributed by atoms with E-state index in [1.807, 2.05) is 31.2 Å². The Morgan fingerprint density at radius 2 is 1.96 bits per heavy atom. The van der Waals surface area contributed by atoms with E-state index in [4.69, 9.17) is 0 Å². The SMILES string of the molecule is Cc1ccc(CNC(=O)Cn2nc3c4ccc(F)cc4ncn3c2=O)cc1. The number of hydrogen-bond donors (Lipinski definition) is 1. The molecule has 2 aromatic carbocycles. The molecule has 0 aliphatic heterocycles. The van der Waals surface area contributed by atoms with Crippen LogP contribution in [0, 0.1) is 12.7 Å². The number of carbonyl (C=O) groups excluding carboxylic acids is 1. The fourth-order valence-corrected chi connectivity index (χ4v) is 2.83. The average Bonchev–Trinajstić information content (AvgIpc) is 2.97. The number of fused-ring (bicyclic) bond motifs is 3. The molecule has 27 heavy (non-hydrogen) atoms. The van der Waals surface area contributed by atoms with Crippen LogP contribution in [0.2, 0.25) is 0 Å². The summed E-state index contributed by atoms with van der Waals surface area (Å²) in [7, 11) is 0. The summed E-state index contributed by atoms with van der Waals surface area (Å²) in [6.45, 7) is 2.14. The van der Waals surface area contributed by atoms with Gasteiger partial charge in [0.1, 0.15) is 18.7 Å². The molecular weight excluding hydrogens is 349 g/mol. The normalized spacial score (nSPS) is 11.2. The summed E-state index contributed by atoms with van der Waals surface area (Å²) in [5.74, 6) is -0.749. The maximum absolute atomic E-state index is 13.4. The molecule has 8 heteroatoms. The summed E-state index contributed by atoms with van der Waals surface area (Å²) >= 11 is 0. The second kappa shape index (κ2) is 6.64. The van der Waals surface area contributed by atoms with Gasteiger partial charge < -0.3 is 5.32 Å². The van der Waals surface area contributed by atoms with Crippen LogP contribution in [0.5, 0.6) is 0 Å². The van der Waals surface area contributed by atoms with Crippen molar-refractivity contribution in [3.8, 4) is 0 Å². The molecule has 2 aromatic heterocycles. The molecule has 0 bridgehead atoms. The van der Waals surface area contributed by atoms with Gasteiger partial charge in [-0.2, -0.15) is 0 Å². The van der Waals surface area contributed by atoms with E-state index in [0.29, 0.717) is 23.1 Å². The lowest BCUT2D eigenvalue weighted by Gasteiger charge is -2.05. The van der Waals surface area contributed by atoms with Crippen LogP contribution in [-0.4, -0.2) is 25.1 Å². The molecule has 0 aliphatic rings. The number of nitrogens with zero attached hydrogens (tertiary/aromatic N) is 4. The number of nitrogens with one attached hydrogen (secondary N) is 1. The summed E-state index contributed by atoms with van der Waals surface area (Å²) < 4.78 is 15.7. The van der Waals surface area contributed by atoms with Crippen LogP contribution >= 0.6 is 0 Å². The molecule has 0 spiro atoms. The third-order valence-electron chi connectivity index (χ3n) is 4.29. The van der Waals surface area contributed by atoms with Crippen molar-refractivity contribution in [3.63, 3.8) is 0 Å². The van der Waals surface area contributed by atoms with Crippen molar-refractivity contribution in [2.45, 2.75) is 20.0 Å². The van der Waals surface area contributed by atoms with E-state index in [2.05, 4.69) is 15.4 Å². The van der Waals surface area contributed by atoms with Gasteiger partial charge in [-0.25, -0.2) is 23.3 Å². The Hall–Kier alpha value is -3.55. The lowest BCUT2D eigenvalue weighted by atomic mass is 10.1. The molecule has 2 heterocycles. The molecule has 0 fully saturated rings.